The monoisotopic (exact) mass is 139 g/mol. The van der Waals surface area contributed by atoms with Crippen LogP contribution in [0.5, 0.6) is 0 Å². The summed E-state index contributed by atoms with van der Waals surface area (Å²) >= 11 is 0. The summed E-state index contributed by atoms with van der Waals surface area (Å²) in [6.07, 6.45) is 6.89. The van der Waals surface area contributed by atoms with Crippen molar-refractivity contribution in [3.8, 4) is 0 Å². The highest BCUT2D eigenvalue weighted by molar-refractivity contribution is 5.71. The van der Waals surface area contributed by atoms with E-state index in [0.717, 1.165) is 6.42 Å². The molecule has 0 aliphatic rings. The minimum Gasteiger partial charge on any atom is -0.287 e. The fourth-order valence-corrected chi connectivity index (χ4v) is 0.422. The first-order valence-electron chi connectivity index (χ1n) is 3.79. The van der Waals surface area contributed by atoms with Gasteiger partial charge in [0.05, 0.1) is 5.54 Å². The van der Waals surface area contributed by atoms with Gasteiger partial charge in [-0.05, 0) is 33.3 Å². The number of allylic oxidation sites excluding steroid dienone is 2. The van der Waals surface area contributed by atoms with E-state index in [0.29, 0.717) is 0 Å². The second kappa shape index (κ2) is 4.26. The van der Waals surface area contributed by atoms with Gasteiger partial charge in [-0.1, -0.05) is 13.0 Å². The highest BCUT2D eigenvalue weighted by Gasteiger charge is 2.09. The highest BCUT2D eigenvalue weighted by Crippen LogP contribution is 2.11. The first-order chi connectivity index (χ1) is 4.62. The molecule has 0 fully saturated rings. The molecule has 0 aromatic carbocycles. The molecule has 0 aliphatic carbocycles. The molecule has 1 nitrogen and oxygen atoms in total. The molecule has 0 amide bonds. The van der Waals surface area contributed by atoms with Crippen LogP contribution in [0.1, 0.15) is 34.1 Å². The molecular formula is C9H17N. The number of nitrogens with zero attached hydrogens (tertiary/aromatic N) is 1. The topological polar surface area (TPSA) is 12.4 Å². The van der Waals surface area contributed by atoms with E-state index in [4.69, 9.17) is 0 Å². The van der Waals surface area contributed by atoms with E-state index in [9.17, 15) is 0 Å². The summed E-state index contributed by atoms with van der Waals surface area (Å²) in [5.74, 6) is 0. The van der Waals surface area contributed by atoms with Gasteiger partial charge in [0, 0.05) is 6.21 Å². The van der Waals surface area contributed by atoms with E-state index in [2.05, 4.69) is 25.8 Å². The van der Waals surface area contributed by atoms with Crippen LogP contribution in [-0.4, -0.2) is 11.8 Å². The van der Waals surface area contributed by atoms with Gasteiger partial charge in [-0.15, -0.1) is 0 Å². The van der Waals surface area contributed by atoms with Gasteiger partial charge in [-0.3, -0.25) is 4.99 Å². The van der Waals surface area contributed by atoms with Gasteiger partial charge in [-0.2, -0.15) is 0 Å². The van der Waals surface area contributed by atoms with Crippen molar-refractivity contribution in [3.05, 3.63) is 12.2 Å². The Balaban J connectivity index is 3.86. The minimum atomic E-state index is 0.111. The summed E-state index contributed by atoms with van der Waals surface area (Å²) in [6, 6.07) is 0. The first kappa shape index (κ1) is 9.41. The second-order valence-electron chi connectivity index (χ2n) is 2.97. The number of hydrogen-bond acceptors (Lipinski definition) is 1. The maximum absolute atomic E-state index is 4.35. The molecule has 0 aromatic rings. The quantitative estimate of drug-likeness (QED) is 0.533. The predicted molar refractivity (Wildman–Crippen MR) is 47.7 cm³/mol. The van der Waals surface area contributed by atoms with Crippen LogP contribution in [0.3, 0.4) is 0 Å². The number of rotatable bonds is 3. The van der Waals surface area contributed by atoms with Gasteiger partial charge in [0.2, 0.25) is 0 Å². The standard InChI is InChI=1S/C9H17N/c1-5-7-8-10-9(3,4)6-2/h5,7-8H,6H2,1-4H3/b7-5-,10-8-. The van der Waals surface area contributed by atoms with Gasteiger partial charge in [-0.25, -0.2) is 0 Å². The Bertz CT molecular complexity index is 132. The lowest BCUT2D eigenvalue weighted by Gasteiger charge is -2.15. The molecule has 0 heterocycles. The van der Waals surface area contributed by atoms with E-state index in [1.54, 1.807) is 0 Å². The molecule has 0 N–H and O–H groups in total. The molecule has 0 aliphatic heterocycles. The van der Waals surface area contributed by atoms with Gasteiger partial charge in [0.1, 0.15) is 0 Å². The van der Waals surface area contributed by atoms with Crippen LogP contribution in [0, 0.1) is 0 Å². The molecule has 0 atom stereocenters. The van der Waals surface area contributed by atoms with Gasteiger partial charge in [0.25, 0.3) is 0 Å². The van der Waals surface area contributed by atoms with Crippen LogP contribution in [0.25, 0.3) is 0 Å². The van der Waals surface area contributed by atoms with E-state index >= 15 is 0 Å². The van der Waals surface area contributed by atoms with Crippen molar-refractivity contribution in [1.82, 2.24) is 0 Å². The van der Waals surface area contributed by atoms with Crippen LogP contribution in [0.2, 0.25) is 0 Å². The Morgan fingerprint density at radius 2 is 2.00 bits per heavy atom. The van der Waals surface area contributed by atoms with Gasteiger partial charge < -0.3 is 0 Å². The molecule has 10 heavy (non-hydrogen) atoms. The van der Waals surface area contributed by atoms with E-state index in [1.165, 1.54) is 0 Å². The summed E-state index contributed by atoms with van der Waals surface area (Å²) in [4.78, 5) is 4.35. The predicted octanol–water partition coefficient (Wildman–Crippen LogP) is 2.82. The van der Waals surface area contributed by atoms with E-state index in [1.807, 2.05) is 25.3 Å². The molecule has 0 spiro atoms. The lowest BCUT2D eigenvalue weighted by molar-refractivity contribution is 0.507. The molecule has 1 heteroatoms. The fraction of sp³-hybridized carbons (Fsp3) is 0.667. The molecular weight excluding hydrogens is 122 g/mol. The Hall–Kier alpha value is -0.590. The van der Waals surface area contributed by atoms with Crippen LogP contribution < -0.4 is 0 Å². The zero-order valence-electron chi connectivity index (χ0n) is 7.39. The minimum absolute atomic E-state index is 0.111. The molecule has 58 valence electrons. The van der Waals surface area contributed by atoms with Crippen molar-refractivity contribution in [3.63, 3.8) is 0 Å². The maximum atomic E-state index is 4.35. The largest absolute Gasteiger partial charge is 0.287 e. The summed E-state index contributed by atoms with van der Waals surface area (Å²) < 4.78 is 0. The number of hydrogen-bond donors (Lipinski definition) is 0. The fourth-order valence-electron chi connectivity index (χ4n) is 0.422. The highest BCUT2D eigenvalue weighted by atomic mass is 14.8. The van der Waals surface area contributed by atoms with Crippen molar-refractivity contribution in [2.45, 2.75) is 39.7 Å². The smallest absolute Gasteiger partial charge is 0.0549 e. The third kappa shape index (κ3) is 4.30. The normalized spacial score (nSPS) is 13.6. The Morgan fingerprint density at radius 1 is 1.40 bits per heavy atom. The summed E-state index contributed by atoms with van der Waals surface area (Å²) in [5.41, 5.74) is 0.111. The molecule has 0 radical (unpaired) electrons. The Morgan fingerprint density at radius 3 is 2.40 bits per heavy atom. The third-order valence-electron chi connectivity index (χ3n) is 1.57. The summed E-state index contributed by atoms with van der Waals surface area (Å²) in [7, 11) is 0. The molecule has 0 unspecified atom stereocenters. The lowest BCUT2D eigenvalue weighted by Crippen LogP contribution is -2.14. The zero-order valence-corrected chi connectivity index (χ0v) is 7.39. The van der Waals surface area contributed by atoms with Crippen molar-refractivity contribution in [2.24, 2.45) is 4.99 Å². The zero-order chi connectivity index (χ0) is 8.04. The van der Waals surface area contributed by atoms with Crippen molar-refractivity contribution < 1.29 is 0 Å². The van der Waals surface area contributed by atoms with Crippen molar-refractivity contribution in [1.29, 1.82) is 0 Å². The summed E-state index contributed by atoms with van der Waals surface area (Å²) in [6.45, 7) is 8.40. The number of aliphatic imine (C=N–C) groups is 1. The van der Waals surface area contributed by atoms with Gasteiger partial charge in [0.15, 0.2) is 0 Å². The van der Waals surface area contributed by atoms with E-state index in [-0.39, 0.29) is 5.54 Å². The molecule has 0 saturated carbocycles. The maximum Gasteiger partial charge on any atom is 0.0549 e. The molecule has 0 rings (SSSR count). The Labute approximate surface area is 63.9 Å². The molecule has 0 bridgehead atoms. The van der Waals surface area contributed by atoms with Crippen LogP contribution in [0.4, 0.5) is 0 Å². The SMILES string of the molecule is C/C=C\C=N/C(C)(C)CC. The van der Waals surface area contributed by atoms with E-state index < -0.39 is 0 Å². The van der Waals surface area contributed by atoms with Crippen molar-refractivity contribution in [2.75, 3.05) is 0 Å². The van der Waals surface area contributed by atoms with Crippen LogP contribution >= 0.6 is 0 Å². The third-order valence-corrected chi connectivity index (χ3v) is 1.57. The molecule has 0 aromatic heterocycles. The molecule has 0 saturated heterocycles. The van der Waals surface area contributed by atoms with Crippen LogP contribution in [0.15, 0.2) is 17.1 Å². The first-order valence-corrected chi connectivity index (χ1v) is 3.79. The van der Waals surface area contributed by atoms with Crippen LogP contribution in [-0.2, 0) is 0 Å². The Kier molecular flexibility index (Phi) is 4.01. The average molecular weight is 139 g/mol. The van der Waals surface area contributed by atoms with Crippen molar-refractivity contribution >= 4 is 6.21 Å². The van der Waals surface area contributed by atoms with Gasteiger partial charge >= 0.3 is 0 Å². The second-order valence-corrected chi connectivity index (χ2v) is 2.97. The average Bonchev–Trinajstić information content (AvgIpc) is 1.89. The lowest BCUT2D eigenvalue weighted by atomic mass is 10.0. The summed E-state index contributed by atoms with van der Waals surface area (Å²) in [5, 5.41) is 0.